The van der Waals surface area contributed by atoms with E-state index in [-0.39, 0.29) is 5.57 Å². The molecule has 1 N–H and O–H groups in total. The van der Waals surface area contributed by atoms with Gasteiger partial charge in [0.05, 0.1) is 17.7 Å². The first-order valence-electron chi connectivity index (χ1n) is 4.46. The molecule has 0 heterocycles. The highest BCUT2D eigenvalue weighted by Crippen LogP contribution is 2.33. The third-order valence-electron chi connectivity index (χ3n) is 2.51. The third kappa shape index (κ3) is 2.08. The highest BCUT2D eigenvalue weighted by molar-refractivity contribution is 5.35. The smallest absolute Gasteiger partial charge is 0.100 e. The summed E-state index contributed by atoms with van der Waals surface area (Å²) in [4.78, 5) is 0. The Morgan fingerprint density at radius 3 is 2.31 bits per heavy atom. The third-order valence-corrected chi connectivity index (χ3v) is 2.51. The van der Waals surface area contributed by atoms with Gasteiger partial charge < -0.3 is 5.11 Å². The average Bonchev–Trinajstić information content (AvgIpc) is 2.15. The molecular formula is C10H12N2O. The summed E-state index contributed by atoms with van der Waals surface area (Å²) in [5.41, 5.74) is -0.808. The summed E-state index contributed by atoms with van der Waals surface area (Å²) >= 11 is 0. The number of rotatable bonds is 1. The molecule has 3 nitrogen and oxygen atoms in total. The van der Waals surface area contributed by atoms with Crippen LogP contribution in [0.2, 0.25) is 0 Å². The Bertz CT molecular complexity index is 287. The van der Waals surface area contributed by atoms with Crippen LogP contribution in [0.4, 0.5) is 0 Å². The summed E-state index contributed by atoms with van der Waals surface area (Å²) in [6.07, 6.45) is 5.34. The van der Waals surface area contributed by atoms with Crippen molar-refractivity contribution in [3.63, 3.8) is 0 Å². The first kappa shape index (κ1) is 9.77. The van der Waals surface area contributed by atoms with Gasteiger partial charge in [0.25, 0.3) is 0 Å². The maximum Gasteiger partial charge on any atom is 0.100 e. The van der Waals surface area contributed by atoms with Gasteiger partial charge in [-0.3, -0.25) is 0 Å². The Labute approximate surface area is 77.9 Å². The van der Waals surface area contributed by atoms with Gasteiger partial charge in [0.1, 0.15) is 5.60 Å². The van der Waals surface area contributed by atoms with Gasteiger partial charge in [0.2, 0.25) is 0 Å². The zero-order valence-corrected chi connectivity index (χ0v) is 7.45. The zero-order valence-electron chi connectivity index (χ0n) is 7.45. The molecule has 1 saturated carbocycles. The van der Waals surface area contributed by atoms with Crippen molar-refractivity contribution in [3.05, 3.63) is 11.6 Å². The number of allylic oxidation sites excluding steroid dienone is 1. The number of nitriles is 2. The van der Waals surface area contributed by atoms with E-state index in [4.69, 9.17) is 10.5 Å². The first-order chi connectivity index (χ1) is 6.23. The van der Waals surface area contributed by atoms with Crippen molar-refractivity contribution in [1.29, 1.82) is 10.5 Å². The fourth-order valence-corrected chi connectivity index (χ4v) is 1.74. The summed E-state index contributed by atoms with van der Waals surface area (Å²) in [7, 11) is 0. The van der Waals surface area contributed by atoms with E-state index in [0.29, 0.717) is 12.8 Å². The van der Waals surface area contributed by atoms with Gasteiger partial charge in [-0.15, -0.1) is 0 Å². The molecule has 1 aliphatic carbocycles. The lowest BCUT2D eigenvalue weighted by Gasteiger charge is -2.30. The van der Waals surface area contributed by atoms with Crippen LogP contribution in [0.25, 0.3) is 0 Å². The topological polar surface area (TPSA) is 67.8 Å². The Morgan fingerprint density at radius 1 is 1.23 bits per heavy atom. The molecule has 0 aromatic heterocycles. The SMILES string of the molecule is N#C/C=C(/C#N)C1(O)CCCCC1. The molecule has 1 fully saturated rings. The molecule has 0 amide bonds. The highest BCUT2D eigenvalue weighted by Gasteiger charge is 2.33. The first-order valence-corrected chi connectivity index (χ1v) is 4.46. The second-order valence-corrected chi connectivity index (χ2v) is 3.39. The molecule has 1 rings (SSSR count). The molecular weight excluding hydrogens is 164 g/mol. The summed E-state index contributed by atoms with van der Waals surface area (Å²) in [5.74, 6) is 0. The maximum absolute atomic E-state index is 10.0. The Morgan fingerprint density at radius 2 is 1.85 bits per heavy atom. The molecule has 0 saturated heterocycles. The zero-order chi connectivity index (χ0) is 9.73. The fraction of sp³-hybridized carbons (Fsp3) is 0.600. The Kier molecular flexibility index (Phi) is 3.06. The number of hydrogen-bond donors (Lipinski definition) is 1. The molecule has 0 spiro atoms. The highest BCUT2D eigenvalue weighted by atomic mass is 16.3. The second-order valence-electron chi connectivity index (χ2n) is 3.39. The lowest BCUT2D eigenvalue weighted by molar-refractivity contribution is 0.0439. The van der Waals surface area contributed by atoms with Crippen molar-refractivity contribution in [2.75, 3.05) is 0 Å². The molecule has 68 valence electrons. The number of nitrogens with zero attached hydrogens (tertiary/aromatic N) is 2. The van der Waals surface area contributed by atoms with Gasteiger partial charge in [0, 0.05) is 6.08 Å². The molecule has 3 heteroatoms. The van der Waals surface area contributed by atoms with Crippen molar-refractivity contribution in [3.8, 4) is 12.1 Å². The molecule has 0 radical (unpaired) electrons. The fourth-order valence-electron chi connectivity index (χ4n) is 1.74. The van der Waals surface area contributed by atoms with Gasteiger partial charge >= 0.3 is 0 Å². The Hall–Kier alpha value is -1.32. The van der Waals surface area contributed by atoms with E-state index in [1.54, 1.807) is 6.07 Å². The standard InChI is InChI=1S/C10H12N2O/c11-7-4-9(8-12)10(13)5-2-1-3-6-10/h4,13H,1-3,5-6H2/b9-4-. The van der Waals surface area contributed by atoms with Crippen molar-refractivity contribution >= 4 is 0 Å². The van der Waals surface area contributed by atoms with Crippen LogP contribution < -0.4 is 0 Å². The van der Waals surface area contributed by atoms with Crippen molar-refractivity contribution in [2.45, 2.75) is 37.7 Å². The van der Waals surface area contributed by atoms with E-state index in [1.807, 2.05) is 6.07 Å². The largest absolute Gasteiger partial charge is 0.384 e. The summed E-state index contributed by atoms with van der Waals surface area (Å²) in [6, 6.07) is 3.70. The van der Waals surface area contributed by atoms with E-state index in [2.05, 4.69) is 0 Å². The van der Waals surface area contributed by atoms with E-state index in [9.17, 15) is 5.11 Å². The predicted octanol–water partition coefficient (Wildman–Crippen LogP) is 1.66. The van der Waals surface area contributed by atoms with Gasteiger partial charge in [-0.25, -0.2) is 0 Å². The molecule has 0 atom stereocenters. The minimum Gasteiger partial charge on any atom is -0.384 e. The van der Waals surface area contributed by atoms with E-state index in [1.165, 1.54) is 0 Å². The molecule has 0 aromatic carbocycles. The minimum atomic E-state index is -1.03. The molecule has 0 unspecified atom stereocenters. The van der Waals surface area contributed by atoms with Gasteiger partial charge in [-0.1, -0.05) is 19.3 Å². The quantitative estimate of drug-likeness (QED) is 0.618. The molecule has 1 aliphatic rings. The summed E-state index contributed by atoms with van der Waals surface area (Å²) in [6.45, 7) is 0. The van der Waals surface area contributed by atoms with Crippen LogP contribution in [-0.4, -0.2) is 10.7 Å². The van der Waals surface area contributed by atoms with Crippen LogP contribution in [0.1, 0.15) is 32.1 Å². The van der Waals surface area contributed by atoms with Gasteiger partial charge in [0.15, 0.2) is 0 Å². The molecule has 0 aliphatic heterocycles. The predicted molar refractivity (Wildman–Crippen MR) is 47.3 cm³/mol. The average molecular weight is 176 g/mol. The van der Waals surface area contributed by atoms with Crippen LogP contribution in [0, 0.1) is 22.7 Å². The number of aliphatic hydroxyl groups is 1. The lowest BCUT2D eigenvalue weighted by atomic mass is 9.80. The summed E-state index contributed by atoms with van der Waals surface area (Å²) in [5, 5.41) is 27.2. The van der Waals surface area contributed by atoms with Crippen LogP contribution in [0.3, 0.4) is 0 Å². The minimum absolute atomic E-state index is 0.217. The van der Waals surface area contributed by atoms with Crippen molar-refractivity contribution in [1.82, 2.24) is 0 Å². The maximum atomic E-state index is 10.0. The summed E-state index contributed by atoms with van der Waals surface area (Å²) < 4.78 is 0. The molecule has 0 aromatic rings. The normalized spacial score (nSPS) is 21.6. The van der Waals surface area contributed by atoms with Crippen molar-refractivity contribution < 1.29 is 5.11 Å². The Balaban J connectivity index is 2.84. The van der Waals surface area contributed by atoms with Crippen LogP contribution >= 0.6 is 0 Å². The van der Waals surface area contributed by atoms with Gasteiger partial charge in [-0.2, -0.15) is 10.5 Å². The van der Waals surface area contributed by atoms with Crippen LogP contribution in [-0.2, 0) is 0 Å². The lowest BCUT2D eigenvalue weighted by Crippen LogP contribution is -2.33. The molecule has 13 heavy (non-hydrogen) atoms. The van der Waals surface area contributed by atoms with Crippen LogP contribution in [0.15, 0.2) is 11.6 Å². The second kappa shape index (κ2) is 4.07. The van der Waals surface area contributed by atoms with Crippen LogP contribution in [0.5, 0.6) is 0 Å². The van der Waals surface area contributed by atoms with E-state index < -0.39 is 5.60 Å². The van der Waals surface area contributed by atoms with E-state index >= 15 is 0 Å². The monoisotopic (exact) mass is 176 g/mol. The number of hydrogen-bond acceptors (Lipinski definition) is 3. The van der Waals surface area contributed by atoms with E-state index in [0.717, 1.165) is 25.3 Å². The molecule has 0 bridgehead atoms. The van der Waals surface area contributed by atoms with Crippen molar-refractivity contribution in [2.24, 2.45) is 0 Å². The van der Waals surface area contributed by atoms with Gasteiger partial charge in [-0.05, 0) is 12.8 Å².